The van der Waals surface area contributed by atoms with Crippen molar-refractivity contribution in [2.75, 3.05) is 11.9 Å². The molecule has 1 saturated carbocycles. The Morgan fingerprint density at radius 3 is 2.86 bits per heavy atom. The van der Waals surface area contributed by atoms with E-state index in [1.807, 2.05) is 0 Å². The molecule has 0 bridgehead atoms. The second kappa shape index (κ2) is 3.29. The molecule has 1 aliphatic carbocycles. The summed E-state index contributed by atoms with van der Waals surface area (Å²) in [6.07, 6.45) is 1.76. The average Bonchev–Trinajstić information content (AvgIpc) is 2.87. The molecule has 0 saturated heterocycles. The number of nitrogens with two attached hydrogens (primary N) is 1. The van der Waals surface area contributed by atoms with Gasteiger partial charge >= 0.3 is 0 Å². The van der Waals surface area contributed by atoms with Crippen molar-refractivity contribution in [1.29, 1.82) is 0 Å². The fraction of sp³-hybridized carbons (Fsp3) is 0.625. The SMILES string of the molecule is Cc1nsc(NC(=O)C2(CN)CC2)n1. The Kier molecular flexibility index (Phi) is 2.24. The van der Waals surface area contributed by atoms with E-state index in [1.165, 1.54) is 11.5 Å². The van der Waals surface area contributed by atoms with Gasteiger partial charge in [0.2, 0.25) is 11.0 Å². The summed E-state index contributed by atoms with van der Waals surface area (Å²) in [6, 6.07) is 0. The first-order valence-electron chi connectivity index (χ1n) is 4.48. The van der Waals surface area contributed by atoms with Crippen LogP contribution in [-0.4, -0.2) is 21.8 Å². The summed E-state index contributed by atoms with van der Waals surface area (Å²) in [5.74, 6) is 0.666. The summed E-state index contributed by atoms with van der Waals surface area (Å²) >= 11 is 1.20. The zero-order chi connectivity index (χ0) is 10.2. The van der Waals surface area contributed by atoms with Crippen LogP contribution in [0.4, 0.5) is 5.13 Å². The largest absolute Gasteiger partial charge is 0.329 e. The highest BCUT2D eigenvalue weighted by Crippen LogP contribution is 2.45. The quantitative estimate of drug-likeness (QED) is 0.765. The summed E-state index contributed by atoms with van der Waals surface area (Å²) in [7, 11) is 0. The van der Waals surface area contributed by atoms with Crippen molar-refractivity contribution in [2.24, 2.45) is 11.1 Å². The first kappa shape index (κ1) is 9.54. The molecule has 0 aromatic carbocycles. The van der Waals surface area contributed by atoms with Gasteiger partial charge in [0.15, 0.2) is 0 Å². The number of carbonyl (C=O) groups excluding carboxylic acids is 1. The van der Waals surface area contributed by atoms with Gasteiger partial charge in [-0.25, -0.2) is 4.98 Å². The van der Waals surface area contributed by atoms with Crippen LogP contribution in [0.3, 0.4) is 0 Å². The Hall–Kier alpha value is -1.01. The van der Waals surface area contributed by atoms with Crippen LogP contribution < -0.4 is 11.1 Å². The van der Waals surface area contributed by atoms with Crippen LogP contribution in [0.5, 0.6) is 0 Å². The maximum absolute atomic E-state index is 11.7. The van der Waals surface area contributed by atoms with Gasteiger partial charge in [-0.3, -0.25) is 4.79 Å². The molecule has 3 N–H and O–H groups in total. The minimum atomic E-state index is -0.320. The molecule has 1 heterocycles. The number of rotatable bonds is 3. The Morgan fingerprint density at radius 1 is 1.71 bits per heavy atom. The fourth-order valence-corrected chi connectivity index (χ4v) is 1.82. The molecule has 6 heteroatoms. The highest BCUT2D eigenvalue weighted by Gasteiger charge is 2.48. The van der Waals surface area contributed by atoms with Crippen LogP contribution in [0, 0.1) is 12.3 Å². The standard InChI is InChI=1S/C8H12N4OS/c1-5-10-7(14-12-5)11-6(13)8(4-9)2-3-8/h2-4,9H2,1H3,(H,10,11,12,13). The van der Waals surface area contributed by atoms with Gasteiger partial charge < -0.3 is 11.1 Å². The van der Waals surface area contributed by atoms with E-state index in [9.17, 15) is 4.79 Å². The van der Waals surface area contributed by atoms with E-state index in [1.54, 1.807) is 6.92 Å². The smallest absolute Gasteiger partial charge is 0.233 e. The van der Waals surface area contributed by atoms with Gasteiger partial charge in [-0.1, -0.05) is 0 Å². The van der Waals surface area contributed by atoms with Crippen LogP contribution in [0.2, 0.25) is 0 Å². The summed E-state index contributed by atoms with van der Waals surface area (Å²) in [4.78, 5) is 15.7. The van der Waals surface area contributed by atoms with Crippen molar-refractivity contribution in [1.82, 2.24) is 9.36 Å². The van der Waals surface area contributed by atoms with Gasteiger partial charge in [-0.05, 0) is 19.8 Å². The number of hydrogen-bond acceptors (Lipinski definition) is 5. The average molecular weight is 212 g/mol. The third-order valence-electron chi connectivity index (χ3n) is 2.47. The fourth-order valence-electron chi connectivity index (χ4n) is 1.25. The molecule has 14 heavy (non-hydrogen) atoms. The maximum Gasteiger partial charge on any atom is 0.233 e. The van der Waals surface area contributed by atoms with Crippen LogP contribution >= 0.6 is 11.5 Å². The summed E-state index contributed by atoms with van der Waals surface area (Å²) < 4.78 is 3.98. The molecule has 1 fully saturated rings. The van der Waals surface area contributed by atoms with E-state index in [0.29, 0.717) is 17.5 Å². The first-order valence-corrected chi connectivity index (χ1v) is 5.25. The van der Waals surface area contributed by atoms with E-state index >= 15 is 0 Å². The summed E-state index contributed by atoms with van der Waals surface area (Å²) in [6.45, 7) is 2.21. The lowest BCUT2D eigenvalue weighted by Crippen LogP contribution is -2.30. The number of aromatic nitrogens is 2. The van der Waals surface area contributed by atoms with Crippen molar-refractivity contribution in [2.45, 2.75) is 19.8 Å². The normalized spacial score (nSPS) is 17.9. The molecule has 5 nitrogen and oxygen atoms in total. The van der Waals surface area contributed by atoms with E-state index < -0.39 is 0 Å². The van der Waals surface area contributed by atoms with E-state index in [0.717, 1.165) is 12.8 Å². The van der Waals surface area contributed by atoms with Gasteiger partial charge in [0.05, 0.1) is 5.41 Å². The molecule has 0 radical (unpaired) electrons. The van der Waals surface area contributed by atoms with Crippen LogP contribution in [0.25, 0.3) is 0 Å². The predicted molar refractivity (Wildman–Crippen MR) is 54.0 cm³/mol. The van der Waals surface area contributed by atoms with Gasteiger partial charge in [-0.15, -0.1) is 0 Å². The van der Waals surface area contributed by atoms with Crippen LogP contribution in [0.15, 0.2) is 0 Å². The number of aryl methyl sites for hydroxylation is 1. The van der Waals surface area contributed by atoms with Gasteiger partial charge in [0, 0.05) is 18.1 Å². The van der Waals surface area contributed by atoms with E-state index in [-0.39, 0.29) is 11.3 Å². The van der Waals surface area contributed by atoms with Crippen molar-refractivity contribution in [3.63, 3.8) is 0 Å². The minimum Gasteiger partial charge on any atom is -0.329 e. The molecule has 2 rings (SSSR count). The van der Waals surface area contributed by atoms with Crippen LogP contribution in [0.1, 0.15) is 18.7 Å². The van der Waals surface area contributed by atoms with Gasteiger partial charge in [-0.2, -0.15) is 4.37 Å². The van der Waals surface area contributed by atoms with Crippen molar-refractivity contribution in [3.8, 4) is 0 Å². The van der Waals surface area contributed by atoms with Crippen molar-refractivity contribution in [3.05, 3.63) is 5.82 Å². The van der Waals surface area contributed by atoms with Crippen LogP contribution in [-0.2, 0) is 4.79 Å². The monoisotopic (exact) mass is 212 g/mol. The molecule has 1 aromatic heterocycles. The topological polar surface area (TPSA) is 80.9 Å². The van der Waals surface area contributed by atoms with Crippen molar-refractivity contribution >= 4 is 22.6 Å². The Morgan fingerprint density at radius 2 is 2.43 bits per heavy atom. The Labute approximate surface area is 85.9 Å². The zero-order valence-corrected chi connectivity index (χ0v) is 8.73. The molecule has 0 aliphatic heterocycles. The van der Waals surface area contributed by atoms with E-state index in [2.05, 4.69) is 14.7 Å². The predicted octanol–water partition coefficient (Wildman–Crippen LogP) is 0.524. The molecule has 1 aromatic rings. The molecular formula is C8H12N4OS. The van der Waals surface area contributed by atoms with Crippen molar-refractivity contribution < 1.29 is 4.79 Å². The number of carbonyl (C=O) groups is 1. The maximum atomic E-state index is 11.7. The minimum absolute atomic E-state index is 0.0175. The number of nitrogens with one attached hydrogen (secondary N) is 1. The third-order valence-corrected chi connectivity index (χ3v) is 3.20. The molecule has 76 valence electrons. The third kappa shape index (κ3) is 1.62. The van der Waals surface area contributed by atoms with Gasteiger partial charge in [0.1, 0.15) is 5.82 Å². The number of anilines is 1. The molecular weight excluding hydrogens is 200 g/mol. The van der Waals surface area contributed by atoms with Gasteiger partial charge in [0.25, 0.3) is 0 Å². The molecule has 1 aliphatic rings. The molecule has 0 spiro atoms. The number of amides is 1. The van der Waals surface area contributed by atoms with E-state index in [4.69, 9.17) is 5.73 Å². The molecule has 1 amide bonds. The number of hydrogen-bond donors (Lipinski definition) is 2. The lowest BCUT2D eigenvalue weighted by molar-refractivity contribution is -0.120. The second-order valence-electron chi connectivity index (χ2n) is 3.59. The Balaban J connectivity index is 2.01. The highest BCUT2D eigenvalue weighted by molar-refractivity contribution is 7.09. The molecule has 0 atom stereocenters. The highest BCUT2D eigenvalue weighted by atomic mass is 32.1. The first-order chi connectivity index (χ1) is 6.66. The lowest BCUT2D eigenvalue weighted by atomic mass is 10.1. The number of nitrogens with zero attached hydrogens (tertiary/aromatic N) is 2. The zero-order valence-electron chi connectivity index (χ0n) is 7.91. The second-order valence-corrected chi connectivity index (χ2v) is 4.34. The summed E-state index contributed by atoms with van der Waals surface area (Å²) in [5.41, 5.74) is 5.22. The Bertz CT molecular complexity index is 358. The lowest BCUT2D eigenvalue weighted by Gasteiger charge is -2.09. The summed E-state index contributed by atoms with van der Waals surface area (Å²) in [5, 5.41) is 3.30. The molecule has 0 unspecified atom stereocenters.